The van der Waals surface area contributed by atoms with Crippen LogP contribution in [-0.4, -0.2) is 81.1 Å². The summed E-state index contributed by atoms with van der Waals surface area (Å²) >= 11 is 1.64. The van der Waals surface area contributed by atoms with Gasteiger partial charge < -0.3 is 20.7 Å². The molecule has 1 aromatic carbocycles. The van der Waals surface area contributed by atoms with E-state index in [0.717, 1.165) is 53.0 Å². The molecule has 8 rings (SSSR count). The van der Waals surface area contributed by atoms with E-state index in [4.69, 9.17) is 20.4 Å². The lowest BCUT2D eigenvalue weighted by Gasteiger charge is -2.28. The summed E-state index contributed by atoms with van der Waals surface area (Å²) in [5.41, 5.74) is 8.83. The molecular weight excluding hydrogens is 739 g/mol. The Labute approximate surface area is 326 Å². The number of carbonyl (C=O) groups is 3. The van der Waals surface area contributed by atoms with E-state index in [-0.39, 0.29) is 37.3 Å². The molecule has 2 aromatic heterocycles. The topological polar surface area (TPSA) is 179 Å². The Morgan fingerprint density at radius 3 is 2.58 bits per heavy atom. The maximum atomic E-state index is 14.3. The van der Waals surface area contributed by atoms with E-state index in [1.807, 2.05) is 34.9 Å². The number of benzene rings is 1. The van der Waals surface area contributed by atoms with Gasteiger partial charge in [-0.2, -0.15) is 4.98 Å². The zero-order chi connectivity index (χ0) is 38.5. The van der Waals surface area contributed by atoms with Gasteiger partial charge in [-0.1, -0.05) is 50.3 Å². The summed E-state index contributed by atoms with van der Waals surface area (Å²) in [6.45, 7) is 4.23. The number of aromatic nitrogens is 3. The summed E-state index contributed by atoms with van der Waals surface area (Å²) < 4.78 is 36.6. The highest BCUT2D eigenvalue weighted by Crippen LogP contribution is 2.46. The number of imidazole rings is 1. The molecule has 4 heterocycles. The quantitative estimate of drug-likeness (QED) is 0.250. The lowest BCUT2D eigenvalue weighted by molar-refractivity contribution is -0.140. The normalized spacial score (nSPS) is 28.9. The van der Waals surface area contributed by atoms with Crippen LogP contribution in [0.2, 0.25) is 0 Å². The molecule has 3 aliphatic carbocycles. The van der Waals surface area contributed by atoms with Gasteiger partial charge in [0.25, 0.3) is 11.9 Å². The molecule has 296 valence electrons. The van der Waals surface area contributed by atoms with Crippen LogP contribution in [0.25, 0.3) is 21.6 Å². The van der Waals surface area contributed by atoms with Gasteiger partial charge in [0, 0.05) is 35.2 Å². The van der Waals surface area contributed by atoms with E-state index in [2.05, 4.69) is 29.3 Å². The fourth-order valence-electron chi connectivity index (χ4n) is 8.74. The number of thiazole rings is 1. The number of amides is 3. The van der Waals surface area contributed by atoms with Gasteiger partial charge in [0.2, 0.25) is 21.8 Å². The second-order valence-corrected chi connectivity index (χ2v) is 19.4. The average Bonchev–Trinajstić information content (AvgIpc) is 3.98. The van der Waals surface area contributed by atoms with Crippen molar-refractivity contribution in [2.24, 2.45) is 11.7 Å². The molecular formula is C40H53N7O6S2. The third kappa shape index (κ3) is 7.68. The van der Waals surface area contributed by atoms with Gasteiger partial charge in [0.05, 0.1) is 29.0 Å². The summed E-state index contributed by atoms with van der Waals surface area (Å²) in [4.78, 5) is 53.6. The molecule has 5 aliphatic rings. The van der Waals surface area contributed by atoms with Gasteiger partial charge >= 0.3 is 0 Å². The molecule has 0 unspecified atom stereocenters. The minimum atomic E-state index is -3.84. The molecule has 55 heavy (non-hydrogen) atoms. The number of allylic oxidation sites excluding steroid dienone is 1. The number of rotatable bonds is 8. The number of para-hydroxylation sites is 1. The Morgan fingerprint density at radius 1 is 1.05 bits per heavy atom. The largest absolute Gasteiger partial charge is 0.459 e. The van der Waals surface area contributed by atoms with Crippen LogP contribution in [0, 0.1) is 5.92 Å². The molecule has 0 radical (unpaired) electrons. The Hall–Kier alpha value is -3.82. The minimum Gasteiger partial charge on any atom is -0.459 e. The van der Waals surface area contributed by atoms with E-state index >= 15 is 0 Å². The third-order valence-corrected chi connectivity index (χ3v) is 14.8. The van der Waals surface area contributed by atoms with Crippen LogP contribution in [0.1, 0.15) is 121 Å². The standard InChI is InChI=1S/C40H53N7O6S2/c1-24(2)47-32-17-11-15-29(36-42-31(23-54-36)25-12-7-6-8-13-25)34(32)43-39(47)53-27-20-33-35(48)44-40(38(50)45-55(51,52)28-18-19-28)21-26(40)14-9-4-3-5-10-16-30(41)37(49)46(33)22-27/h9,11,14-15,17,23-28,30,33H,3-8,10,12-13,16,18-22,41H2,1-2H3,(H,44,48)(H,45,50)/b14-9-/t26-,27-,30+,33+,40-/m1/s1. The number of hydrogen-bond acceptors (Lipinski definition) is 10. The van der Waals surface area contributed by atoms with E-state index in [1.54, 1.807) is 11.3 Å². The molecule has 13 nitrogen and oxygen atoms in total. The smallest absolute Gasteiger partial charge is 0.297 e. The molecule has 2 aliphatic heterocycles. The van der Waals surface area contributed by atoms with Crippen LogP contribution in [0.5, 0.6) is 6.01 Å². The molecule has 1 saturated heterocycles. The molecule has 3 amide bonds. The van der Waals surface area contributed by atoms with E-state index in [9.17, 15) is 22.8 Å². The van der Waals surface area contributed by atoms with Gasteiger partial charge in [0.15, 0.2) is 0 Å². The molecule has 4 fully saturated rings. The lowest BCUT2D eigenvalue weighted by atomic mass is 9.87. The molecule has 3 aromatic rings. The van der Waals surface area contributed by atoms with Crippen LogP contribution in [0.3, 0.4) is 0 Å². The van der Waals surface area contributed by atoms with Crippen molar-refractivity contribution in [2.45, 2.75) is 145 Å². The second kappa shape index (κ2) is 15.3. The summed E-state index contributed by atoms with van der Waals surface area (Å²) in [6.07, 6.45) is 14.6. The lowest BCUT2D eigenvalue weighted by Crippen LogP contribution is -2.57. The molecule has 4 N–H and O–H groups in total. The van der Waals surface area contributed by atoms with Crippen LogP contribution in [0.4, 0.5) is 0 Å². The maximum Gasteiger partial charge on any atom is 0.297 e. The first-order valence-corrected chi connectivity index (χ1v) is 22.6. The summed E-state index contributed by atoms with van der Waals surface area (Å²) in [5.74, 6) is -1.49. The number of carbonyl (C=O) groups excluding carboxylic acids is 3. The highest BCUT2D eigenvalue weighted by Gasteiger charge is 2.62. The molecule has 0 bridgehead atoms. The fourth-order valence-corrected chi connectivity index (χ4v) is 11.0. The van der Waals surface area contributed by atoms with Crippen molar-refractivity contribution in [1.29, 1.82) is 0 Å². The van der Waals surface area contributed by atoms with Crippen molar-refractivity contribution < 1.29 is 27.5 Å². The number of hydrogen-bond donors (Lipinski definition) is 3. The van der Waals surface area contributed by atoms with Gasteiger partial charge in [0.1, 0.15) is 28.2 Å². The Bertz CT molecular complexity index is 2080. The van der Waals surface area contributed by atoms with E-state index in [0.29, 0.717) is 31.2 Å². The number of fused-ring (bicyclic) bond motifs is 3. The first-order chi connectivity index (χ1) is 26.4. The molecule has 5 atom stereocenters. The molecule has 15 heteroatoms. The zero-order valence-corrected chi connectivity index (χ0v) is 33.4. The van der Waals surface area contributed by atoms with Gasteiger partial charge in [-0.25, -0.2) is 13.4 Å². The number of sulfonamides is 1. The minimum absolute atomic E-state index is 0.0142. The van der Waals surface area contributed by atoms with Crippen molar-refractivity contribution in [1.82, 2.24) is 29.5 Å². The van der Waals surface area contributed by atoms with Crippen LogP contribution in [-0.2, 0) is 24.4 Å². The van der Waals surface area contributed by atoms with Crippen molar-refractivity contribution in [3.63, 3.8) is 0 Å². The molecule has 0 spiro atoms. The van der Waals surface area contributed by atoms with Crippen LogP contribution in [0.15, 0.2) is 35.7 Å². The maximum absolute atomic E-state index is 14.3. The van der Waals surface area contributed by atoms with Crippen molar-refractivity contribution in [3.05, 3.63) is 41.4 Å². The summed E-state index contributed by atoms with van der Waals surface area (Å²) in [6, 6.07) is 4.68. The predicted octanol–water partition coefficient (Wildman–Crippen LogP) is 5.47. The zero-order valence-electron chi connectivity index (χ0n) is 31.7. The van der Waals surface area contributed by atoms with Crippen molar-refractivity contribution in [3.8, 4) is 16.6 Å². The van der Waals surface area contributed by atoms with Gasteiger partial charge in [-0.05, 0) is 77.3 Å². The predicted molar refractivity (Wildman–Crippen MR) is 211 cm³/mol. The van der Waals surface area contributed by atoms with Crippen molar-refractivity contribution >= 4 is 50.1 Å². The Balaban J connectivity index is 1.08. The van der Waals surface area contributed by atoms with Gasteiger partial charge in [-0.3, -0.25) is 23.7 Å². The summed E-state index contributed by atoms with van der Waals surface area (Å²) in [5, 5.41) is 5.45. The van der Waals surface area contributed by atoms with Crippen LogP contribution < -0.4 is 20.5 Å². The second-order valence-electron chi connectivity index (χ2n) is 16.5. The SMILES string of the molecule is CC(C)n1c(O[C@@H]2C[C@H]3C(=O)N[C@]4(C(=O)NS(=O)(=O)C5CC5)C[C@H]4/C=C\CCCCC[C@H](N)C(=O)N3C2)nc2c(-c3nc(C4CCCCC4)cs3)cccc21. The third-order valence-electron chi connectivity index (χ3n) is 12.1. The Morgan fingerprint density at radius 2 is 1.82 bits per heavy atom. The van der Waals surface area contributed by atoms with Crippen LogP contribution >= 0.6 is 11.3 Å². The van der Waals surface area contributed by atoms with E-state index < -0.39 is 50.8 Å². The highest BCUT2D eigenvalue weighted by molar-refractivity contribution is 7.91. The monoisotopic (exact) mass is 791 g/mol. The first-order valence-electron chi connectivity index (χ1n) is 20.2. The fraction of sp³-hybridized carbons (Fsp3) is 0.625. The first kappa shape index (κ1) is 38.1. The number of nitrogens with two attached hydrogens (primary N) is 1. The number of nitrogens with zero attached hydrogens (tertiary/aromatic N) is 4. The number of ether oxygens (including phenoxy) is 1. The Kier molecular flexibility index (Phi) is 10.6. The number of nitrogens with one attached hydrogen (secondary N) is 2. The summed E-state index contributed by atoms with van der Waals surface area (Å²) in [7, 11) is -3.84. The van der Waals surface area contributed by atoms with Gasteiger partial charge in [-0.15, -0.1) is 11.3 Å². The average molecular weight is 792 g/mol. The van der Waals surface area contributed by atoms with E-state index in [1.165, 1.54) is 37.0 Å². The van der Waals surface area contributed by atoms with Crippen molar-refractivity contribution in [2.75, 3.05) is 6.54 Å². The highest BCUT2D eigenvalue weighted by atomic mass is 32.2. The molecule has 3 saturated carbocycles.